The third-order valence-corrected chi connectivity index (χ3v) is 2.90. The number of nitrogens with two attached hydrogens (primary N) is 1. The summed E-state index contributed by atoms with van der Waals surface area (Å²) in [4.78, 5) is 0. The molecule has 3 heteroatoms. The van der Waals surface area contributed by atoms with E-state index in [9.17, 15) is 0 Å². The quantitative estimate of drug-likeness (QED) is 0.631. The van der Waals surface area contributed by atoms with Gasteiger partial charge in [0.2, 0.25) is 0 Å². The van der Waals surface area contributed by atoms with E-state index < -0.39 is 0 Å². The normalized spacial score (nSPS) is 18.2. The molecule has 0 aliphatic rings. The van der Waals surface area contributed by atoms with Crippen LogP contribution < -0.4 is 5.73 Å². The van der Waals surface area contributed by atoms with E-state index in [-0.39, 0.29) is 18.1 Å². The standard InChI is InChI=1S/C10H23NO2/c1-4-9(11)10(2,5-7-12)6-8-13-3/h9,12H,4-8,11H2,1-3H3. The molecule has 3 N–H and O–H groups in total. The van der Waals surface area contributed by atoms with E-state index in [0.29, 0.717) is 6.61 Å². The van der Waals surface area contributed by atoms with Gasteiger partial charge in [0.15, 0.2) is 0 Å². The van der Waals surface area contributed by atoms with Gasteiger partial charge in [0.1, 0.15) is 0 Å². The Morgan fingerprint density at radius 1 is 1.46 bits per heavy atom. The molecule has 0 fully saturated rings. The third-order valence-electron chi connectivity index (χ3n) is 2.90. The molecule has 13 heavy (non-hydrogen) atoms. The molecule has 0 aliphatic carbocycles. The van der Waals surface area contributed by atoms with Crippen molar-refractivity contribution in [3.05, 3.63) is 0 Å². The number of methoxy groups -OCH3 is 1. The van der Waals surface area contributed by atoms with Crippen LogP contribution in [-0.4, -0.2) is 31.5 Å². The predicted molar refractivity (Wildman–Crippen MR) is 54.6 cm³/mol. The second kappa shape index (κ2) is 6.35. The number of aliphatic hydroxyl groups excluding tert-OH is 1. The van der Waals surface area contributed by atoms with Crippen LogP contribution in [0.5, 0.6) is 0 Å². The average molecular weight is 189 g/mol. The van der Waals surface area contributed by atoms with E-state index in [1.807, 2.05) is 0 Å². The summed E-state index contributed by atoms with van der Waals surface area (Å²) in [5.41, 5.74) is 6.03. The van der Waals surface area contributed by atoms with Crippen LogP contribution >= 0.6 is 0 Å². The minimum atomic E-state index is 0.0134. The Balaban J connectivity index is 4.14. The van der Waals surface area contributed by atoms with Crippen molar-refractivity contribution in [1.82, 2.24) is 0 Å². The first kappa shape index (κ1) is 12.9. The average Bonchev–Trinajstić information content (AvgIpc) is 2.14. The van der Waals surface area contributed by atoms with Crippen LogP contribution in [0.4, 0.5) is 0 Å². The van der Waals surface area contributed by atoms with Gasteiger partial charge in [-0.05, 0) is 24.7 Å². The molecule has 80 valence electrons. The maximum atomic E-state index is 8.95. The molecule has 0 heterocycles. The Bertz CT molecular complexity index is 130. The van der Waals surface area contributed by atoms with Gasteiger partial charge in [-0.1, -0.05) is 13.8 Å². The summed E-state index contributed by atoms with van der Waals surface area (Å²) >= 11 is 0. The molecule has 0 aromatic heterocycles. The highest BCUT2D eigenvalue weighted by molar-refractivity contribution is 4.84. The smallest absolute Gasteiger partial charge is 0.0468 e. The Kier molecular flexibility index (Phi) is 6.29. The largest absolute Gasteiger partial charge is 0.396 e. The molecule has 2 atom stereocenters. The lowest BCUT2D eigenvalue weighted by Crippen LogP contribution is -2.40. The molecule has 0 radical (unpaired) electrons. The van der Waals surface area contributed by atoms with Crippen LogP contribution in [0.25, 0.3) is 0 Å². The minimum absolute atomic E-state index is 0.0134. The van der Waals surface area contributed by atoms with Crippen LogP contribution in [0.15, 0.2) is 0 Å². The van der Waals surface area contributed by atoms with Crippen molar-refractivity contribution in [3.8, 4) is 0 Å². The lowest BCUT2D eigenvalue weighted by molar-refractivity contribution is 0.0991. The molecule has 0 saturated heterocycles. The highest BCUT2D eigenvalue weighted by atomic mass is 16.5. The molecule has 0 aromatic rings. The Labute approximate surface area is 81.3 Å². The fourth-order valence-electron chi connectivity index (χ4n) is 1.58. The van der Waals surface area contributed by atoms with Crippen molar-refractivity contribution in [1.29, 1.82) is 0 Å². The lowest BCUT2D eigenvalue weighted by atomic mass is 9.76. The van der Waals surface area contributed by atoms with E-state index in [0.717, 1.165) is 19.3 Å². The molecule has 0 amide bonds. The minimum Gasteiger partial charge on any atom is -0.396 e. The molecule has 0 spiro atoms. The first-order valence-corrected chi connectivity index (χ1v) is 4.96. The number of hydrogen-bond donors (Lipinski definition) is 2. The highest BCUT2D eigenvalue weighted by Gasteiger charge is 2.29. The van der Waals surface area contributed by atoms with Gasteiger partial charge in [-0.15, -0.1) is 0 Å². The lowest BCUT2D eigenvalue weighted by Gasteiger charge is -2.34. The Morgan fingerprint density at radius 2 is 2.08 bits per heavy atom. The number of aliphatic hydroxyl groups is 1. The summed E-state index contributed by atoms with van der Waals surface area (Å²) in [6, 6.07) is 0.148. The topological polar surface area (TPSA) is 55.5 Å². The fourth-order valence-corrected chi connectivity index (χ4v) is 1.58. The predicted octanol–water partition coefficient (Wildman–Crippen LogP) is 1.15. The van der Waals surface area contributed by atoms with Crippen molar-refractivity contribution >= 4 is 0 Å². The van der Waals surface area contributed by atoms with Gasteiger partial charge in [0.05, 0.1) is 0 Å². The van der Waals surface area contributed by atoms with Gasteiger partial charge in [0, 0.05) is 26.4 Å². The molecule has 0 bridgehead atoms. The fraction of sp³-hybridized carbons (Fsp3) is 1.00. The summed E-state index contributed by atoms with van der Waals surface area (Å²) in [7, 11) is 1.69. The molecule has 0 rings (SSSR count). The second-order valence-electron chi connectivity index (χ2n) is 3.89. The second-order valence-corrected chi connectivity index (χ2v) is 3.89. The van der Waals surface area contributed by atoms with Crippen molar-refractivity contribution in [2.45, 2.75) is 39.2 Å². The summed E-state index contributed by atoms with van der Waals surface area (Å²) < 4.78 is 5.04. The number of ether oxygens (including phenoxy) is 1. The van der Waals surface area contributed by atoms with E-state index in [4.69, 9.17) is 15.6 Å². The Morgan fingerprint density at radius 3 is 2.46 bits per heavy atom. The zero-order chi connectivity index (χ0) is 10.3. The van der Waals surface area contributed by atoms with Crippen molar-refractivity contribution in [2.24, 2.45) is 11.1 Å². The molecule has 3 nitrogen and oxygen atoms in total. The van der Waals surface area contributed by atoms with Gasteiger partial charge in [-0.3, -0.25) is 0 Å². The zero-order valence-corrected chi connectivity index (χ0v) is 9.05. The van der Waals surface area contributed by atoms with E-state index >= 15 is 0 Å². The Hall–Kier alpha value is -0.120. The number of rotatable bonds is 7. The van der Waals surface area contributed by atoms with Gasteiger partial charge in [-0.25, -0.2) is 0 Å². The van der Waals surface area contributed by atoms with Gasteiger partial charge in [-0.2, -0.15) is 0 Å². The highest BCUT2D eigenvalue weighted by Crippen LogP contribution is 2.30. The van der Waals surface area contributed by atoms with E-state index in [1.54, 1.807) is 7.11 Å². The van der Waals surface area contributed by atoms with Gasteiger partial charge < -0.3 is 15.6 Å². The van der Waals surface area contributed by atoms with Crippen molar-refractivity contribution < 1.29 is 9.84 Å². The molecule has 0 aliphatic heterocycles. The summed E-state index contributed by atoms with van der Waals surface area (Å²) in [5.74, 6) is 0. The molecular weight excluding hydrogens is 166 g/mol. The van der Waals surface area contributed by atoms with Crippen LogP contribution in [0.2, 0.25) is 0 Å². The summed E-state index contributed by atoms with van der Waals surface area (Å²) in [6.45, 7) is 5.11. The molecule has 0 aromatic carbocycles. The van der Waals surface area contributed by atoms with Crippen LogP contribution in [0, 0.1) is 5.41 Å². The van der Waals surface area contributed by atoms with Gasteiger partial charge in [0.25, 0.3) is 0 Å². The molecular formula is C10H23NO2. The van der Waals surface area contributed by atoms with Crippen LogP contribution in [-0.2, 0) is 4.74 Å². The van der Waals surface area contributed by atoms with Gasteiger partial charge >= 0.3 is 0 Å². The zero-order valence-electron chi connectivity index (χ0n) is 9.05. The van der Waals surface area contributed by atoms with Crippen LogP contribution in [0.1, 0.15) is 33.1 Å². The maximum Gasteiger partial charge on any atom is 0.0468 e. The van der Waals surface area contributed by atoms with Crippen LogP contribution in [0.3, 0.4) is 0 Å². The SMILES string of the molecule is CCC(N)C(C)(CCO)CCOC. The van der Waals surface area contributed by atoms with E-state index in [2.05, 4.69) is 13.8 Å². The first-order valence-electron chi connectivity index (χ1n) is 4.96. The van der Waals surface area contributed by atoms with Crippen molar-refractivity contribution in [2.75, 3.05) is 20.3 Å². The van der Waals surface area contributed by atoms with Crippen molar-refractivity contribution in [3.63, 3.8) is 0 Å². The number of hydrogen-bond acceptors (Lipinski definition) is 3. The monoisotopic (exact) mass is 189 g/mol. The molecule has 0 saturated carbocycles. The van der Waals surface area contributed by atoms with E-state index in [1.165, 1.54) is 0 Å². The first-order chi connectivity index (χ1) is 6.10. The summed E-state index contributed by atoms with van der Waals surface area (Å²) in [6.07, 6.45) is 2.62. The summed E-state index contributed by atoms with van der Waals surface area (Å²) in [5, 5.41) is 8.95. The third kappa shape index (κ3) is 4.07. The maximum absolute atomic E-state index is 8.95. The molecule has 2 unspecified atom stereocenters.